The predicted octanol–water partition coefficient (Wildman–Crippen LogP) is 6.30. The van der Waals surface area contributed by atoms with Crippen LogP contribution < -0.4 is 20.1 Å². The Kier molecular flexibility index (Phi) is 8.96. The van der Waals surface area contributed by atoms with Crippen molar-refractivity contribution in [2.75, 3.05) is 30.8 Å². The number of anilines is 3. The third-order valence-corrected chi connectivity index (χ3v) is 7.16. The summed E-state index contributed by atoms with van der Waals surface area (Å²) < 4.78 is 11.9. The summed E-state index contributed by atoms with van der Waals surface area (Å²) in [5, 5.41) is 7.39. The first-order chi connectivity index (χ1) is 19.9. The van der Waals surface area contributed by atoms with Gasteiger partial charge in [-0.05, 0) is 82.7 Å². The normalized spacial score (nSPS) is 15.4. The fourth-order valence-electron chi connectivity index (χ4n) is 4.83. The number of halogens is 1. The summed E-state index contributed by atoms with van der Waals surface area (Å²) >= 11 is 6.56. The van der Waals surface area contributed by atoms with Crippen LogP contribution >= 0.6 is 11.6 Å². The molecule has 3 heterocycles. The number of aromatic nitrogens is 3. The number of likely N-dealkylation sites (N-methyl/N-ethyl adjacent to an activating group) is 1. The van der Waals surface area contributed by atoms with E-state index in [-0.39, 0.29) is 11.9 Å². The first-order valence-corrected chi connectivity index (χ1v) is 14.0. The molecule has 2 N–H and O–H groups in total. The van der Waals surface area contributed by atoms with Crippen LogP contribution in [0.15, 0.2) is 67.0 Å². The number of aryl methyl sites for hydroxylation is 1. The third-order valence-electron chi connectivity index (χ3n) is 6.87. The van der Waals surface area contributed by atoms with E-state index in [1.165, 1.54) is 6.33 Å². The number of hydrogen-bond donors (Lipinski definition) is 2. The van der Waals surface area contributed by atoms with Gasteiger partial charge in [-0.15, -0.1) is 0 Å². The molecule has 2 aromatic carbocycles. The summed E-state index contributed by atoms with van der Waals surface area (Å²) in [4.78, 5) is 28.4. The molecule has 0 bridgehead atoms. The van der Waals surface area contributed by atoms with Gasteiger partial charge in [-0.3, -0.25) is 14.7 Å². The summed E-state index contributed by atoms with van der Waals surface area (Å²) in [5.41, 5.74) is 3.67. The zero-order valence-electron chi connectivity index (χ0n) is 23.4. The highest BCUT2D eigenvalue weighted by molar-refractivity contribution is 6.32. The van der Waals surface area contributed by atoms with Crippen LogP contribution in [0, 0.1) is 6.92 Å². The van der Waals surface area contributed by atoms with Gasteiger partial charge >= 0.3 is 0 Å². The zero-order chi connectivity index (χ0) is 28.8. The van der Waals surface area contributed by atoms with Gasteiger partial charge in [0.25, 0.3) is 0 Å². The molecule has 0 radical (unpaired) electrons. The van der Waals surface area contributed by atoms with Crippen molar-refractivity contribution < 1.29 is 14.3 Å². The quantitative estimate of drug-likeness (QED) is 0.214. The third kappa shape index (κ3) is 6.93. The maximum absolute atomic E-state index is 12.8. The maximum atomic E-state index is 12.8. The van der Waals surface area contributed by atoms with E-state index in [2.05, 4.69) is 37.5 Å². The maximum Gasteiger partial charge on any atom is 0.248 e. The predicted molar refractivity (Wildman–Crippen MR) is 162 cm³/mol. The molecular weight excluding hydrogens is 540 g/mol. The molecular formula is C31H33ClN6O3. The number of amides is 1. The van der Waals surface area contributed by atoms with E-state index in [9.17, 15) is 4.79 Å². The van der Waals surface area contributed by atoms with Gasteiger partial charge in [0.05, 0.1) is 33.9 Å². The van der Waals surface area contributed by atoms with Crippen molar-refractivity contribution >= 4 is 45.6 Å². The van der Waals surface area contributed by atoms with Crippen molar-refractivity contribution in [3.8, 4) is 11.5 Å². The van der Waals surface area contributed by atoms with Crippen molar-refractivity contribution in [2.45, 2.75) is 39.3 Å². The lowest BCUT2D eigenvalue weighted by Crippen LogP contribution is -2.23. The summed E-state index contributed by atoms with van der Waals surface area (Å²) in [6.07, 6.45) is 7.21. The van der Waals surface area contributed by atoms with Crippen LogP contribution in [-0.4, -0.2) is 52.0 Å². The van der Waals surface area contributed by atoms with E-state index in [4.69, 9.17) is 21.1 Å². The Balaban J connectivity index is 1.37. The molecule has 1 unspecified atom stereocenters. The minimum Gasteiger partial charge on any atom is -0.491 e. The number of hydrogen-bond acceptors (Lipinski definition) is 8. The first-order valence-electron chi connectivity index (χ1n) is 13.6. The van der Waals surface area contributed by atoms with E-state index >= 15 is 0 Å². The van der Waals surface area contributed by atoms with Gasteiger partial charge in [-0.2, -0.15) is 0 Å². The fourth-order valence-corrected chi connectivity index (χ4v) is 5.06. The second kappa shape index (κ2) is 13.0. The molecule has 1 fully saturated rings. The number of carbonyl (C=O) groups is 1. The Morgan fingerprint density at radius 3 is 2.80 bits per heavy atom. The summed E-state index contributed by atoms with van der Waals surface area (Å²) in [7, 11) is 2.07. The van der Waals surface area contributed by atoms with E-state index in [1.54, 1.807) is 24.3 Å². The van der Waals surface area contributed by atoms with Crippen LogP contribution in [0.4, 0.5) is 17.2 Å². The van der Waals surface area contributed by atoms with Crippen LogP contribution in [0.5, 0.6) is 11.5 Å². The molecule has 4 aromatic rings. The Hall–Kier alpha value is -4.21. The molecule has 10 heteroatoms. The highest BCUT2D eigenvalue weighted by Crippen LogP contribution is 2.38. The Bertz CT molecular complexity index is 1580. The molecule has 41 heavy (non-hydrogen) atoms. The average Bonchev–Trinajstić information content (AvgIpc) is 3.37. The van der Waals surface area contributed by atoms with Gasteiger partial charge < -0.3 is 20.1 Å². The molecule has 5 rings (SSSR count). The number of nitrogens with zero attached hydrogens (tertiary/aromatic N) is 4. The van der Waals surface area contributed by atoms with Gasteiger partial charge in [-0.1, -0.05) is 23.7 Å². The largest absolute Gasteiger partial charge is 0.491 e. The van der Waals surface area contributed by atoms with Crippen LogP contribution in [0.1, 0.15) is 31.2 Å². The molecule has 0 aliphatic carbocycles. The average molecular weight is 573 g/mol. The van der Waals surface area contributed by atoms with Crippen molar-refractivity contribution in [3.63, 3.8) is 0 Å². The second-order valence-corrected chi connectivity index (χ2v) is 10.3. The van der Waals surface area contributed by atoms with Crippen LogP contribution in [0.3, 0.4) is 0 Å². The molecule has 212 valence electrons. The van der Waals surface area contributed by atoms with Crippen LogP contribution in [0.2, 0.25) is 5.02 Å². The number of nitrogens with one attached hydrogen (secondary N) is 2. The smallest absolute Gasteiger partial charge is 0.248 e. The number of fused-ring (bicyclic) bond motifs is 1. The van der Waals surface area contributed by atoms with Gasteiger partial charge in [0, 0.05) is 23.5 Å². The summed E-state index contributed by atoms with van der Waals surface area (Å²) in [6.45, 7) is 5.57. The number of carbonyl (C=O) groups excluding carboxylic acids is 1. The lowest BCUT2D eigenvalue weighted by atomic mass is 10.1. The van der Waals surface area contributed by atoms with Crippen molar-refractivity contribution in [2.24, 2.45) is 0 Å². The van der Waals surface area contributed by atoms with E-state index in [1.807, 2.05) is 50.3 Å². The Labute approximate surface area is 244 Å². The zero-order valence-corrected chi connectivity index (χ0v) is 24.1. The highest BCUT2D eigenvalue weighted by atomic mass is 35.5. The molecule has 0 spiro atoms. The minimum atomic E-state index is -0.222. The molecule has 0 saturated carbocycles. The molecule has 1 aliphatic rings. The molecule has 1 amide bonds. The van der Waals surface area contributed by atoms with Crippen molar-refractivity contribution in [1.29, 1.82) is 0 Å². The monoisotopic (exact) mass is 572 g/mol. The molecule has 1 aliphatic heterocycles. The van der Waals surface area contributed by atoms with Gasteiger partial charge in [0.2, 0.25) is 5.91 Å². The second-order valence-electron chi connectivity index (χ2n) is 9.86. The van der Waals surface area contributed by atoms with Crippen molar-refractivity contribution in [3.05, 3.63) is 83.4 Å². The number of rotatable bonds is 10. The summed E-state index contributed by atoms with van der Waals surface area (Å²) in [5.74, 6) is 1.33. The lowest BCUT2D eigenvalue weighted by Gasteiger charge is -2.17. The Morgan fingerprint density at radius 1 is 1.17 bits per heavy atom. The summed E-state index contributed by atoms with van der Waals surface area (Å²) in [6, 6.07) is 15.1. The molecule has 9 nitrogen and oxygen atoms in total. The van der Waals surface area contributed by atoms with Gasteiger partial charge in [-0.25, -0.2) is 9.97 Å². The Morgan fingerprint density at radius 2 is 2.05 bits per heavy atom. The highest BCUT2D eigenvalue weighted by Gasteiger charge is 2.19. The van der Waals surface area contributed by atoms with Gasteiger partial charge in [0.15, 0.2) is 5.75 Å². The molecule has 1 saturated heterocycles. The SMILES string of the molecule is CCOc1c(NC(=O)/C=C/C2CCCN2C)ccc2ncnc(Nc3ccc(OCc4cccc(C)n4)c(Cl)c3)c12. The van der Waals surface area contributed by atoms with E-state index in [0.29, 0.717) is 57.8 Å². The number of ether oxygens (including phenoxy) is 2. The molecule has 1 atom stereocenters. The number of benzene rings is 2. The van der Waals surface area contributed by atoms with Gasteiger partial charge in [0.1, 0.15) is 24.5 Å². The standard InChI is InChI=1S/C31H33ClN6O3/c1-4-40-30-26(37-28(39)15-11-23-9-6-16-38(23)3)13-12-25-29(30)31(34-19-33-25)36-21-10-14-27(24(32)17-21)41-18-22-8-5-7-20(2)35-22/h5,7-8,10-15,17,19,23H,4,6,9,16,18H2,1-3H3,(H,37,39)(H,33,34,36)/b15-11+. The van der Waals surface area contributed by atoms with E-state index < -0.39 is 0 Å². The van der Waals surface area contributed by atoms with Crippen molar-refractivity contribution in [1.82, 2.24) is 19.9 Å². The number of pyridine rings is 1. The minimum absolute atomic E-state index is 0.222. The number of likely N-dealkylation sites (tertiary alicyclic amines) is 1. The lowest BCUT2D eigenvalue weighted by molar-refractivity contribution is -0.112. The van der Waals surface area contributed by atoms with Crippen LogP contribution in [0.25, 0.3) is 10.9 Å². The topological polar surface area (TPSA) is 102 Å². The van der Waals surface area contributed by atoms with Crippen LogP contribution in [-0.2, 0) is 11.4 Å². The fraction of sp³-hybridized carbons (Fsp3) is 0.290. The molecule has 2 aromatic heterocycles. The first kappa shape index (κ1) is 28.3. The van der Waals surface area contributed by atoms with E-state index in [0.717, 1.165) is 30.8 Å².